The van der Waals surface area contributed by atoms with Gasteiger partial charge in [-0.15, -0.1) is 0 Å². The number of rotatable bonds is 2. The summed E-state index contributed by atoms with van der Waals surface area (Å²) in [6.45, 7) is 2.35. The summed E-state index contributed by atoms with van der Waals surface area (Å²) in [6.07, 6.45) is 1.43. The molecule has 3 nitrogen and oxygen atoms in total. The lowest BCUT2D eigenvalue weighted by Gasteiger charge is -1.95. The SMILES string of the molecule is CCOc1occc1C#N. The van der Waals surface area contributed by atoms with Crippen LogP contribution < -0.4 is 4.74 Å². The number of furan rings is 1. The molecule has 0 bridgehead atoms. The van der Waals surface area contributed by atoms with Gasteiger partial charge in [-0.3, -0.25) is 0 Å². The quantitative estimate of drug-likeness (QED) is 0.621. The molecule has 1 rings (SSSR count). The molecule has 0 aliphatic rings. The summed E-state index contributed by atoms with van der Waals surface area (Å²) in [7, 11) is 0. The van der Waals surface area contributed by atoms with Crippen LogP contribution in [-0.4, -0.2) is 6.61 Å². The Bertz CT molecular complexity index is 246. The molecule has 0 aliphatic heterocycles. The Balaban J connectivity index is 2.82. The fourth-order valence-electron chi connectivity index (χ4n) is 0.621. The van der Waals surface area contributed by atoms with Gasteiger partial charge in [-0.25, -0.2) is 0 Å². The summed E-state index contributed by atoms with van der Waals surface area (Å²) in [5, 5.41) is 8.44. The van der Waals surface area contributed by atoms with Crippen LogP contribution in [0.3, 0.4) is 0 Å². The molecule has 10 heavy (non-hydrogen) atoms. The van der Waals surface area contributed by atoms with Crippen LogP contribution in [0.4, 0.5) is 0 Å². The zero-order chi connectivity index (χ0) is 7.40. The van der Waals surface area contributed by atoms with Gasteiger partial charge >= 0.3 is 5.95 Å². The van der Waals surface area contributed by atoms with Gasteiger partial charge in [0.25, 0.3) is 0 Å². The van der Waals surface area contributed by atoms with E-state index in [1.165, 1.54) is 6.26 Å². The Labute approximate surface area is 58.8 Å². The first-order chi connectivity index (χ1) is 4.88. The van der Waals surface area contributed by atoms with E-state index < -0.39 is 0 Å². The van der Waals surface area contributed by atoms with E-state index in [0.717, 1.165) is 0 Å². The first-order valence-electron chi connectivity index (χ1n) is 2.99. The smallest absolute Gasteiger partial charge is 0.302 e. The fraction of sp³-hybridized carbons (Fsp3) is 0.286. The highest BCUT2D eigenvalue weighted by molar-refractivity contribution is 5.35. The Kier molecular flexibility index (Phi) is 1.96. The van der Waals surface area contributed by atoms with Crippen molar-refractivity contribution in [1.29, 1.82) is 5.26 Å². The summed E-state index contributed by atoms with van der Waals surface area (Å²) in [5.41, 5.74) is 0.446. The van der Waals surface area contributed by atoms with Crippen molar-refractivity contribution < 1.29 is 9.15 Å². The van der Waals surface area contributed by atoms with Gasteiger partial charge < -0.3 is 9.15 Å². The molecule has 0 N–H and O–H groups in total. The van der Waals surface area contributed by atoms with Gasteiger partial charge in [-0.05, 0) is 13.0 Å². The molecule has 0 atom stereocenters. The van der Waals surface area contributed by atoms with Crippen molar-refractivity contribution in [3.63, 3.8) is 0 Å². The van der Waals surface area contributed by atoms with Crippen LogP contribution in [0.25, 0.3) is 0 Å². The molecule has 0 saturated heterocycles. The number of nitrogens with zero attached hydrogens (tertiary/aromatic N) is 1. The zero-order valence-corrected chi connectivity index (χ0v) is 5.63. The Morgan fingerprint density at radius 2 is 2.60 bits per heavy atom. The lowest BCUT2D eigenvalue weighted by atomic mass is 10.4. The molecule has 0 aromatic carbocycles. The molecule has 1 aromatic heterocycles. The van der Waals surface area contributed by atoms with E-state index in [1.54, 1.807) is 6.07 Å². The van der Waals surface area contributed by atoms with Crippen LogP contribution in [-0.2, 0) is 0 Å². The van der Waals surface area contributed by atoms with Gasteiger partial charge in [0, 0.05) is 0 Å². The summed E-state index contributed by atoms with van der Waals surface area (Å²) >= 11 is 0. The third-order valence-corrected chi connectivity index (χ3v) is 1.03. The van der Waals surface area contributed by atoms with E-state index >= 15 is 0 Å². The normalized spacial score (nSPS) is 8.80. The van der Waals surface area contributed by atoms with Crippen LogP contribution in [0.5, 0.6) is 5.95 Å². The minimum atomic E-state index is 0.310. The van der Waals surface area contributed by atoms with Gasteiger partial charge in [-0.2, -0.15) is 5.26 Å². The van der Waals surface area contributed by atoms with Crippen LogP contribution >= 0.6 is 0 Å². The maximum atomic E-state index is 8.44. The molecule has 0 fully saturated rings. The topological polar surface area (TPSA) is 46.2 Å². The molecule has 1 aromatic rings. The predicted molar refractivity (Wildman–Crippen MR) is 34.6 cm³/mol. The average Bonchev–Trinajstić information content (AvgIpc) is 2.36. The lowest BCUT2D eigenvalue weighted by molar-refractivity contribution is 0.256. The minimum Gasteiger partial charge on any atom is -0.464 e. The highest BCUT2D eigenvalue weighted by atomic mass is 16.6. The minimum absolute atomic E-state index is 0.310. The van der Waals surface area contributed by atoms with Crippen molar-refractivity contribution in [2.24, 2.45) is 0 Å². The average molecular weight is 137 g/mol. The van der Waals surface area contributed by atoms with Crippen molar-refractivity contribution in [3.05, 3.63) is 17.9 Å². The number of nitriles is 1. The Morgan fingerprint density at radius 3 is 3.20 bits per heavy atom. The molecule has 3 heteroatoms. The Morgan fingerprint density at radius 1 is 1.80 bits per heavy atom. The van der Waals surface area contributed by atoms with Crippen molar-refractivity contribution in [2.45, 2.75) is 6.92 Å². The molecule has 0 amide bonds. The van der Waals surface area contributed by atoms with E-state index in [-0.39, 0.29) is 0 Å². The molecular weight excluding hydrogens is 130 g/mol. The molecule has 1 heterocycles. The second-order valence-corrected chi connectivity index (χ2v) is 1.67. The van der Waals surface area contributed by atoms with Gasteiger partial charge in [0.2, 0.25) is 0 Å². The van der Waals surface area contributed by atoms with Gasteiger partial charge in [0.1, 0.15) is 11.6 Å². The molecular formula is C7H7NO2. The van der Waals surface area contributed by atoms with Gasteiger partial charge in [0.05, 0.1) is 12.9 Å². The summed E-state index contributed by atoms with van der Waals surface area (Å²) in [5.74, 6) is 0.310. The molecule has 0 saturated carbocycles. The summed E-state index contributed by atoms with van der Waals surface area (Å²) in [6, 6.07) is 3.52. The van der Waals surface area contributed by atoms with E-state index in [0.29, 0.717) is 18.1 Å². The highest BCUT2D eigenvalue weighted by Crippen LogP contribution is 2.17. The highest BCUT2D eigenvalue weighted by Gasteiger charge is 2.03. The molecule has 52 valence electrons. The van der Waals surface area contributed by atoms with Crippen LogP contribution in [0.1, 0.15) is 12.5 Å². The number of hydrogen-bond donors (Lipinski definition) is 0. The summed E-state index contributed by atoms with van der Waals surface area (Å²) < 4.78 is 9.83. The van der Waals surface area contributed by atoms with Gasteiger partial charge in [-0.1, -0.05) is 0 Å². The standard InChI is InChI=1S/C7H7NO2/c1-2-9-7-6(5-8)3-4-10-7/h3-4H,2H2,1H3. The maximum absolute atomic E-state index is 8.44. The van der Waals surface area contributed by atoms with Gasteiger partial charge in [0.15, 0.2) is 0 Å². The van der Waals surface area contributed by atoms with E-state index in [4.69, 9.17) is 14.4 Å². The molecule has 0 spiro atoms. The largest absolute Gasteiger partial charge is 0.464 e. The molecule has 0 aliphatic carbocycles. The second-order valence-electron chi connectivity index (χ2n) is 1.67. The maximum Gasteiger partial charge on any atom is 0.302 e. The fourth-order valence-corrected chi connectivity index (χ4v) is 0.621. The number of ether oxygens (including phenoxy) is 1. The van der Waals surface area contributed by atoms with Crippen molar-refractivity contribution in [2.75, 3.05) is 6.61 Å². The summed E-state index contributed by atoms with van der Waals surface area (Å²) in [4.78, 5) is 0. The van der Waals surface area contributed by atoms with E-state index in [2.05, 4.69) is 0 Å². The molecule has 0 unspecified atom stereocenters. The lowest BCUT2D eigenvalue weighted by Crippen LogP contribution is -1.90. The zero-order valence-electron chi connectivity index (χ0n) is 5.63. The monoisotopic (exact) mass is 137 g/mol. The van der Waals surface area contributed by atoms with Crippen molar-refractivity contribution in [3.8, 4) is 12.0 Å². The van der Waals surface area contributed by atoms with Crippen molar-refractivity contribution in [1.82, 2.24) is 0 Å². The Hall–Kier alpha value is -1.43. The number of hydrogen-bond acceptors (Lipinski definition) is 3. The van der Waals surface area contributed by atoms with E-state index in [9.17, 15) is 0 Å². The van der Waals surface area contributed by atoms with Crippen LogP contribution in [0.15, 0.2) is 16.7 Å². The third kappa shape index (κ3) is 1.11. The van der Waals surface area contributed by atoms with Crippen LogP contribution in [0.2, 0.25) is 0 Å². The molecule has 0 radical (unpaired) electrons. The first-order valence-corrected chi connectivity index (χ1v) is 2.99. The van der Waals surface area contributed by atoms with Crippen LogP contribution in [0, 0.1) is 11.3 Å². The first kappa shape index (κ1) is 6.69. The second kappa shape index (κ2) is 2.92. The third-order valence-electron chi connectivity index (χ3n) is 1.03. The van der Waals surface area contributed by atoms with Crippen molar-refractivity contribution >= 4 is 0 Å². The van der Waals surface area contributed by atoms with E-state index in [1.807, 2.05) is 13.0 Å². The predicted octanol–water partition coefficient (Wildman–Crippen LogP) is 1.55.